The van der Waals surface area contributed by atoms with Crippen molar-refractivity contribution in [3.63, 3.8) is 0 Å². The van der Waals surface area contributed by atoms with Crippen LogP contribution in [0.4, 0.5) is 0 Å². The summed E-state index contributed by atoms with van der Waals surface area (Å²) in [6, 6.07) is 1.88. The second kappa shape index (κ2) is 6.48. The van der Waals surface area contributed by atoms with Crippen molar-refractivity contribution in [1.29, 1.82) is 0 Å². The van der Waals surface area contributed by atoms with E-state index in [0.29, 0.717) is 31.1 Å². The summed E-state index contributed by atoms with van der Waals surface area (Å²) in [7, 11) is -1.79. The minimum Gasteiger partial charge on any atom is -0.384 e. The molecule has 21 heavy (non-hydrogen) atoms. The van der Waals surface area contributed by atoms with Crippen molar-refractivity contribution in [3.8, 4) is 0 Å². The summed E-state index contributed by atoms with van der Waals surface area (Å²) >= 11 is 0. The van der Waals surface area contributed by atoms with E-state index in [0.717, 1.165) is 12.1 Å². The number of ether oxygens (including phenoxy) is 1. The minimum absolute atomic E-state index is 0.187. The molecule has 0 amide bonds. The third-order valence-corrected chi connectivity index (χ3v) is 5.79. The van der Waals surface area contributed by atoms with Crippen molar-refractivity contribution >= 4 is 10.0 Å². The smallest absolute Gasteiger partial charge is 0.244 e. The molecule has 2 heterocycles. The number of nitrogens with zero attached hydrogens (tertiary/aromatic N) is 2. The molecule has 0 saturated carbocycles. The van der Waals surface area contributed by atoms with Crippen molar-refractivity contribution in [2.24, 2.45) is 11.7 Å². The average Bonchev–Trinajstić information content (AvgIpc) is 3.05. The first-order chi connectivity index (χ1) is 9.90. The van der Waals surface area contributed by atoms with Crippen LogP contribution in [0.2, 0.25) is 0 Å². The number of rotatable bonds is 6. The van der Waals surface area contributed by atoms with Gasteiger partial charge in [0.2, 0.25) is 10.0 Å². The topological polar surface area (TPSA) is 77.6 Å². The Bertz CT molecular complexity index is 580. The molecule has 6 nitrogen and oxygen atoms in total. The van der Waals surface area contributed by atoms with Crippen LogP contribution in [0.25, 0.3) is 0 Å². The predicted octanol–water partition coefficient (Wildman–Crippen LogP) is 1.18. The molecular formula is C14H25N3O3S. The fourth-order valence-electron chi connectivity index (χ4n) is 2.82. The molecule has 1 aromatic rings. The molecular weight excluding hydrogens is 290 g/mol. The van der Waals surface area contributed by atoms with Gasteiger partial charge in [-0.05, 0) is 32.3 Å². The number of hydrogen-bond acceptors (Lipinski definition) is 4. The summed E-state index contributed by atoms with van der Waals surface area (Å²) in [6.07, 6.45) is 2.55. The second-order valence-electron chi connectivity index (χ2n) is 5.85. The van der Waals surface area contributed by atoms with E-state index in [-0.39, 0.29) is 12.0 Å². The lowest BCUT2D eigenvalue weighted by Gasteiger charge is -2.15. The Hall–Kier alpha value is -0.890. The Morgan fingerprint density at radius 1 is 1.48 bits per heavy atom. The van der Waals surface area contributed by atoms with Gasteiger partial charge in [0.25, 0.3) is 0 Å². The van der Waals surface area contributed by atoms with Crippen molar-refractivity contribution in [1.82, 2.24) is 8.87 Å². The van der Waals surface area contributed by atoms with Gasteiger partial charge in [-0.3, -0.25) is 0 Å². The van der Waals surface area contributed by atoms with Crippen LogP contribution < -0.4 is 5.73 Å². The molecule has 1 aliphatic heterocycles. The first-order valence-electron chi connectivity index (χ1n) is 7.30. The number of methoxy groups -OCH3 is 1. The number of aromatic nitrogens is 1. The van der Waals surface area contributed by atoms with Crippen molar-refractivity contribution in [3.05, 3.63) is 18.0 Å². The Morgan fingerprint density at radius 3 is 2.71 bits per heavy atom. The van der Waals surface area contributed by atoms with Gasteiger partial charge in [0.15, 0.2) is 0 Å². The van der Waals surface area contributed by atoms with Crippen LogP contribution in [0.1, 0.15) is 32.0 Å². The summed E-state index contributed by atoms with van der Waals surface area (Å²) in [5, 5.41) is 0. The van der Waals surface area contributed by atoms with E-state index < -0.39 is 10.0 Å². The van der Waals surface area contributed by atoms with Crippen molar-refractivity contribution < 1.29 is 13.2 Å². The van der Waals surface area contributed by atoms with Crippen LogP contribution in [-0.4, -0.2) is 44.1 Å². The molecule has 1 fully saturated rings. The highest BCUT2D eigenvalue weighted by Crippen LogP contribution is 2.27. The lowest BCUT2D eigenvalue weighted by Crippen LogP contribution is -2.29. The van der Waals surface area contributed by atoms with Gasteiger partial charge >= 0.3 is 0 Å². The summed E-state index contributed by atoms with van der Waals surface area (Å²) in [5.41, 5.74) is 6.56. The molecule has 7 heteroatoms. The Kier molecular flexibility index (Phi) is 5.08. The summed E-state index contributed by atoms with van der Waals surface area (Å²) in [4.78, 5) is 0.342. The molecule has 1 aromatic heterocycles. The fourth-order valence-corrected chi connectivity index (χ4v) is 4.40. The van der Waals surface area contributed by atoms with E-state index in [1.54, 1.807) is 23.7 Å². The third kappa shape index (κ3) is 3.31. The largest absolute Gasteiger partial charge is 0.384 e. The van der Waals surface area contributed by atoms with Crippen LogP contribution >= 0.6 is 0 Å². The van der Waals surface area contributed by atoms with Gasteiger partial charge in [0.1, 0.15) is 4.90 Å². The van der Waals surface area contributed by atoms with E-state index in [1.807, 2.05) is 18.4 Å². The summed E-state index contributed by atoms with van der Waals surface area (Å²) in [5.74, 6) is 0.283. The predicted molar refractivity (Wildman–Crippen MR) is 81.5 cm³/mol. The quantitative estimate of drug-likeness (QED) is 0.855. The normalized spacial score (nSPS) is 20.5. The summed E-state index contributed by atoms with van der Waals surface area (Å²) < 4.78 is 34.0. The Balaban J connectivity index is 2.24. The Labute approximate surface area is 126 Å². The SMILES string of the molecule is COCC1CCN(S(=O)(=O)c2cc(CN)n(C(C)C)c2)C1. The molecule has 0 aromatic carbocycles. The highest BCUT2D eigenvalue weighted by molar-refractivity contribution is 7.89. The van der Waals surface area contributed by atoms with Gasteiger partial charge in [-0.15, -0.1) is 0 Å². The lowest BCUT2D eigenvalue weighted by atomic mass is 10.1. The zero-order chi connectivity index (χ0) is 15.6. The lowest BCUT2D eigenvalue weighted by molar-refractivity contribution is 0.157. The zero-order valence-electron chi connectivity index (χ0n) is 12.9. The van der Waals surface area contributed by atoms with Gasteiger partial charge < -0.3 is 15.0 Å². The van der Waals surface area contributed by atoms with Gasteiger partial charge in [0, 0.05) is 44.7 Å². The van der Waals surface area contributed by atoms with Crippen LogP contribution in [0, 0.1) is 5.92 Å². The summed E-state index contributed by atoms with van der Waals surface area (Å²) in [6.45, 7) is 6.05. The van der Waals surface area contributed by atoms with Crippen LogP contribution in [0.5, 0.6) is 0 Å². The van der Waals surface area contributed by atoms with E-state index in [2.05, 4.69) is 0 Å². The van der Waals surface area contributed by atoms with Crippen LogP contribution in [0.15, 0.2) is 17.2 Å². The molecule has 1 unspecified atom stereocenters. The molecule has 0 aliphatic carbocycles. The van der Waals surface area contributed by atoms with Gasteiger partial charge in [-0.1, -0.05) is 0 Å². The number of sulfonamides is 1. The standard InChI is InChI=1S/C14H25N3O3S/c1-11(2)17-9-14(6-13(17)7-15)21(18,19)16-5-4-12(8-16)10-20-3/h6,9,11-12H,4-5,7-8,10,15H2,1-3H3. The first kappa shape index (κ1) is 16.5. The van der Waals surface area contributed by atoms with Crippen LogP contribution in [0.3, 0.4) is 0 Å². The van der Waals surface area contributed by atoms with E-state index in [4.69, 9.17) is 10.5 Å². The van der Waals surface area contributed by atoms with Crippen molar-refractivity contribution in [2.45, 2.75) is 37.8 Å². The third-order valence-electron chi connectivity index (χ3n) is 3.96. The van der Waals surface area contributed by atoms with Gasteiger partial charge in [0.05, 0.1) is 6.61 Å². The molecule has 2 N–H and O–H groups in total. The second-order valence-corrected chi connectivity index (χ2v) is 7.78. The van der Waals surface area contributed by atoms with E-state index >= 15 is 0 Å². The van der Waals surface area contributed by atoms with Gasteiger partial charge in [-0.25, -0.2) is 8.42 Å². The zero-order valence-corrected chi connectivity index (χ0v) is 13.8. The molecule has 1 aliphatic rings. The maximum Gasteiger partial charge on any atom is 0.244 e. The van der Waals surface area contributed by atoms with E-state index in [1.165, 1.54) is 0 Å². The van der Waals surface area contributed by atoms with E-state index in [9.17, 15) is 8.42 Å². The molecule has 0 spiro atoms. The highest BCUT2D eigenvalue weighted by atomic mass is 32.2. The average molecular weight is 315 g/mol. The Morgan fingerprint density at radius 2 is 2.19 bits per heavy atom. The molecule has 1 atom stereocenters. The number of nitrogens with two attached hydrogens (primary N) is 1. The maximum atomic E-state index is 12.7. The fraction of sp³-hybridized carbons (Fsp3) is 0.714. The molecule has 2 rings (SSSR count). The highest BCUT2D eigenvalue weighted by Gasteiger charge is 2.33. The number of hydrogen-bond donors (Lipinski definition) is 1. The van der Waals surface area contributed by atoms with Crippen LogP contribution in [-0.2, 0) is 21.3 Å². The minimum atomic E-state index is -3.43. The molecule has 1 saturated heterocycles. The monoisotopic (exact) mass is 315 g/mol. The molecule has 0 radical (unpaired) electrons. The van der Waals surface area contributed by atoms with Crippen molar-refractivity contribution in [2.75, 3.05) is 26.8 Å². The first-order valence-corrected chi connectivity index (χ1v) is 8.74. The molecule has 120 valence electrons. The van der Waals surface area contributed by atoms with Gasteiger partial charge in [-0.2, -0.15) is 4.31 Å². The molecule has 0 bridgehead atoms. The maximum absolute atomic E-state index is 12.7.